The van der Waals surface area contributed by atoms with Crippen molar-refractivity contribution in [3.63, 3.8) is 0 Å². The monoisotopic (exact) mass is 391 g/mol. The van der Waals surface area contributed by atoms with Crippen molar-refractivity contribution in [3.05, 3.63) is 35.4 Å². The molecule has 1 unspecified atom stereocenters. The molecule has 0 aliphatic carbocycles. The molecule has 5 heteroatoms. The summed E-state index contributed by atoms with van der Waals surface area (Å²) in [5.74, 6) is -1.09. The van der Waals surface area contributed by atoms with Crippen LogP contribution in [0.15, 0.2) is 24.3 Å². The Morgan fingerprint density at radius 3 is 1.79 bits per heavy atom. The lowest BCUT2D eigenvalue weighted by Crippen LogP contribution is -2.43. The fourth-order valence-electron chi connectivity index (χ4n) is 3.45. The third kappa shape index (κ3) is 6.62. The highest BCUT2D eigenvalue weighted by Gasteiger charge is 2.34. The summed E-state index contributed by atoms with van der Waals surface area (Å²) >= 11 is 0. The minimum absolute atomic E-state index is 0.104. The van der Waals surface area contributed by atoms with E-state index in [-0.39, 0.29) is 18.1 Å². The Kier molecular flexibility index (Phi) is 7.83. The molecule has 0 amide bonds. The third-order valence-electron chi connectivity index (χ3n) is 4.62. The summed E-state index contributed by atoms with van der Waals surface area (Å²) in [6.45, 7) is 17.3. The van der Waals surface area contributed by atoms with E-state index in [2.05, 4.69) is 0 Å². The Hall–Kier alpha value is -1.88. The number of carboxylic acids is 1. The summed E-state index contributed by atoms with van der Waals surface area (Å²) in [5.41, 5.74) is 0.533. The topological polar surface area (TPSA) is 66.8 Å². The van der Waals surface area contributed by atoms with Gasteiger partial charge in [0.15, 0.2) is 0 Å². The van der Waals surface area contributed by atoms with Crippen LogP contribution >= 0.6 is 0 Å². The van der Waals surface area contributed by atoms with Crippen molar-refractivity contribution in [1.29, 1.82) is 0 Å². The average molecular weight is 392 g/mol. The van der Waals surface area contributed by atoms with Crippen molar-refractivity contribution in [1.82, 2.24) is 4.90 Å². The van der Waals surface area contributed by atoms with Crippen LogP contribution in [-0.2, 0) is 20.7 Å². The quantitative estimate of drug-likeness (QED) is 0.642. The lowest BCUT2D eigenvalue weighted by atomic mass is 9.85. The number of ether oxygens (including phenoxy) is 1. The van der Waals surface area contributed by atoms with Gasteiger partial charge >= 0.3 is 11.9 Å². The summed E-state index contributed by atoms with van der Waals surface area (Å²) in [4.78, 5) is 26.5. The van der Waals surface area contributed by atoms with Crippen LogP contribution in [0.25, 0.3) is 0 Å². The maximum atomic E-state index is 12.5. The zero-order valence-corrected chi connectivity index (χ0v) is 18.9. The summed E-state index contributed by atoms with van der Waals surface area (Å²) in [7, 11) is 0. The van der Waals surface area contributed by atoms with E-state index in [1.54, 1.807) is 0 Å². The van der Waals surface area contributed by atoms with E-state index < -0.39 is 23.0 Å². The largest absolute Gasteiger partial charge is 0.480 e. The van der Waals surface area contributed by atoms with Crippen molar-refractivity contribution < 1.29 is 19.4 Å². The van der Waals surface area contributed by atoms with Crippen LogP contribution in [0.5, 0.6) is 0 Å². The first kappa shape index (κ1) is 24.2. The minimum Gasteiger partial charge on any atom is -0.480 e. The maximum Gasteiger partial charge on any atom is 0.325 e. The number of benzene rings is 1. The highest BCUT2D eigenvalue weighted by molar-refractivity contribution is 5.77. The van der Waals surface area contributed by atoms with Crippen LogP contribution in [0.2, 0.25) is 0 Å². The highest BCUT2D eigenvalue weighted by Crippen LogP contribution is 2.29. The summed E-state index contributed by atoms with van der Waals surface area (Å²) in [6, 6.07) is 7.05. The van der Waals surface area contributed by atoms with Crippen LogP contribution in [0, 0.1) is 5.41 Å². The SMILES string of the molecule is CC(C)N(C(C)C)C(C(=O)O)c1ccc(CC(C)(C)C(=O)OC(C)(C)C)cc1. The number of carbonyl (C=O) groups excluding carboxylic acids is 1. The average Bonchev–Trinajstić information content (AvgIpc) is 2.50. The summed E-state index contributed by atoms with van der Waals surface area (Å²) in [6.07, 6.45) is 0.526. The number of hydrogen-bond acceptors (Lipinski definition) is 4. The molecule has 1 atom stereocenters. The maximum absolute atomic E-state index is 12.5. The zero-order valence-electron chi connectivity index (χ0n) is 18.9. The molecule has 0 aliphatic rings. The first-order chi connectivity index (χ1) is 12.7. The minimum atomic E-state index is -0.857. The molecule has 0 saturated heterocycles. The molecular formula is C23H37NO4. The van der Waals surface area contributed by atoms with E-state index in [0.29, 0.717) is 6.42 Å². The molecule has 1 aromatic rings. The second-order valence-electron chi connectivity index (χ2n) is 9.68. The van der Waals surface area contributed by atoms with Gasteiger partial charge in [-0.05, 0) is 79.9 Å². The number of hydrogen-bond donors (Lipinski definition) is 1. The van der Waals surface area contributed by atoms with Crippen molar-refractivity contribution in [2.75, 3.05) is 0 Å². The van der Waals surface area contributed by atoms with E-state index in [0.717, 1.165) is 11.1 Å². The molecule has 1 aromatic carbocycles. The molecule has 5 nitrogen and oxygen atoms in total. The van der Waals surface area contributed by atoms with E-state index in [9.17, 15) is 14.7 Å². The number of carbonyl (C=O) groups is 2. The molecule has 0 heterocycles. The second kappa shape index (κ2) is 9.08. The van der Waals surface area contributed by atoms with Gasteiger partial charge in [0.2, 0.25) is 0 Å². The Bertz CT molecular complexity index is 661. The molecule has 158 valence electrons. The Labute approximate surface area is 170 Å². The molecule has 0 aliphatic heterocycles. The van der Waals surface area contributed by atoms with Gasteiger partial charge in [0.25, 0.3) is 0 Å². The number of esters is 1. The number of carboxylic acid groups (broad SMARTS) is 1. The first-order valence-corrected chi connectivity index (χ1v) is 9.98. The van der Waals surface area contributed by atoms with E-state index in [1.165, 1.54) is 0 Å². The van der Waals surface area contributed by atoms with Gasteiger partial charge in [-0.3, -0.25) is 14.5 Å². The Morgan fingerprint density at radius 1 is 0.964 bits per heavy atom. The van der Waals surface area contributed by atoms with Crippen LogP contribution in [0.1, 0.15) is 79.5 Å². The van der Waals surface area contributed by atoms with Crippen LogP contribution in [0.4, 0.5) is 0 Å². The standard InChI is InChI=1S/C23H37NO4/c1-15(2)24(16(3)4)19(20(25)26)18-12-10-17(11-13-18)14-23(8,9)21(27)28-22(5,6)7/h10-13,15-16,19H,14H2,1-9H3,(H,25,26). The third-order valence-corrected chi connectivity index (χ3v) is 4.62. The molecule has 0 saturated carbocycles. The highest BCUT2D eigenvalue weighted by atomic mass is 16.6. The Morgan fingerprint density at radius 2 is 1.43 bits per heavy atom. The van der Waals surface area contributed by atoms with E-state index in [1.807, 2.05) is 91.5 Å². The molecular weight excluding hydrogens is 354 g/mol. The van der Waals surface area contributed by atoms with E-state index in [4.69, 9.17) is 4.74 Å². The molecule has 0 fully saturated rings. The predicted molar refractivity (Wildman–Crippen MR) is 112 cm³/mol. The Balaban J connectivity index is 3.06. The van der Waals surface area contributed by atoms with E-state index >= 15 is 0 Å². The molecule has 0 radical (unpaired) electrons. The van der Waals surface area contributed by atoms with Crippen molar-refractivity contribution in [2.24, 2.45) is 5.41 Å². The van der Waals surface area contributed by atoms with Crippen molar-refractivity contribution in [3.8, 4) is 0 Å². The fraction of sp³-hybridized carbons (Fsp3) is 0.652. The normalized spacial score (nSPS) is 13.9. The molecule has 0 spiro atoms. The van der Waals surface area contributed by atoms with Crippen LogP contribution < -0.4 is 0 Å². The van der Waals surface area contributed by atoms with Gasteiger partial charge < -0.3 is 9.84 Å². The number of aliphatic carboxylic acids is 1. The van der Waals surface area contributed by atoms with Crippen molar-refractivity contribution in [2.45, 2.75) is 92.5 Å². The van der Waals surface area contributed by atoms with Gasteiger partial charge in [-0.1, -0.05) is 24.3 Å². The van der Waals surface area contributed by atoms with Gasteiger partial charge in [-0.25, -0.2) is 0 Å². The molecule has 1 N–H and O–H groups in total. The second-order valence-corrected chi connectivity index (χ2v) is 9.68. The number of nitrogens with zero attached hydrogens (tertiary/aromatic N) is 1. The smallest absolute Gasteiger partial charge is 0.325 e. The first-order valence-electron chi connectivity index (χ1n) is 9.98. The van der Waals surface area contributed by atoms with Crippen LogP contribution in [0.3, 0.4) is 0 Å². The fourth-order valence-corrected chi connectivity index (χ4v) is 3.45. The van der Waals surface area contributed by atoms with Gasteiger partial charge in [0.1, 0.15) is 11.6 Å². The van der Waals surface area contributed by atoms with Gasteiger partial charge in [-0.15, -0.1) is 0 Å². The van der Waals surface area contributed by atoms with Gasteiger partial charge in [0, 0.05) is 12.1 Å². The number of rotatable bonds is 8. The van der Waals surface area contributed by atoms with Crippen LogP contribution in [-0.4, -0.2) is 39.6 Å². The van der Waals surface area contributed by atoms with Gasteiger partial charge in [-0.2, -0.15) is 0 Å². The lowest BCUT2D eigenvalue weighted by Gasteiger charge is -2.36. The predicted octanol–water partition coefficient (Wildman–Crippen LogP) is 4.84. The van der Waals surface area contributed by atoms with Gasteiger partial charge in [0.05, 0.1) is 5.41 Å². The molecule has 28 heavy (non-hydrogen) atoms. The van der Waals surface area contributed by atoms with Crippen molar-refractivity contribution >= 4 is 11.9 Å². The summed E-state index contributed by atoms with van der Waals surface area (Å²) < 4.78 is 5.53. The molecule has 1 rings (SSSR count). The summed E-state index contributed by atoms with van der Waals surface area (Å²) in [5, 5.41) is 9.83. The molecule has 0 aromatic heterocycles. The zero-order chi connectivity index (χ0) is 21.9. The molecule has 0 bridgehead atoms. The lowest BCUT2D eigenvalue weighted by molar-refractivity contribution is -0.165.